The van der Waals surface area contributed by atoms with Gasteiger partial charge >= 0.3 is 0 Å². The van der Waals surface area contributed by atoms with E-state index < -0.39 is 11.3 Å². The van der Waals surface area contributed by atoms with Crippen LogP contribution in [0.15, 0.2) is 18.2 Å². The Morgan fingerprint density at radius 2 is 1.85 bits per heavy atom. The molecule has 4 nitrogen and oxygen atoms in total. The van der Waals surface area contributed by atoms with Gasteiger partial charge in [-0.2, -0.15) is 0 Å². The van der Waals surface area contributed by atoms with Gasteiger partial charge in [-0.1, -0.05) is 42.1 Å². The molecule has 0 bridgehead atoms. The van der Waals surface area contributed by atoms with Gasteiger partial charge in [0.2, 0.25) is 11.8 Å². The number of carbonyl (C=O) groups excluding carboxylic acids is 2. The molecule has 0 heterocycles. The second kappa shape index (κ2) is 6.02. The molecule has 3 N–H and O–H groups in total. The van der Waals surface area contributed by atoms with Crippen molar-refractivity contribution in [2.24, 2.45) is 5.73 Å². The van der Waals surface area contributed by atoms with E-state index in [1.807, 2.05) is 6.07 Å². The molecule has 0 atom stereocenters. The van der Waals surface area contributed by atoms with Crippen LogP contribution >= 0.6 is 23.2 Å². The number of halogens is 2. The fourth-order valence-electron chi connectivity index (χ4n) is 2.76. The Kier molecular flexibility index (Phi) is 4.55. The van der Waals surface area contributed by atoms with Gasteiger partial charge in [-0.05, 0) is 30.5 Å². The highest BCUT2D eigenvalue weighted by molar-refractivity contribution is 6.42. The number of amides is 2. The van der Waals surface area contributed by atoms with Crippen LogP contribution in [-0.2, 0) is 15.0 Å². The Labute approximate surface area is 127 Å². The molecule has 2 amide bonds. The van der Waals surface area contributed by atoms with Crippen molar-refractivity contribution in [2.75, 3.05) is 6.54 Å². The Morgan fingerprint density at radius 3 is 2.40 bits per heavy atom. The lowest BCUT2D eigenvalue weighted by atomic mass is 9.78. The number of carbonyl (C=O) groups is 2. The van der Waals surface area contributed by atoms with E-state index in [9.17, 15) is 9.59 Å². The number of rotatable bonds is 4. The van der Waals surface area contributed by atoms with Gasteiger partial charge in [0.05, 0.1) is 22.0 Å². The van der Waals surface area contributed by atoms with Crippen molar-refractivity contribution in [2.45, 2.75) is 31.1 Å². The topological polar surface area (TPSA) is 72.2 Å². The minimum Gasteiger partial charge on any atom is -0.368 e. The summed E-state index contributed by atoms with van der Waals surface area (Å²) in [5.41, 5.74) is 5.28. The van der Waals surface area contributed by atoms with Crippen molar-refractivity contribution in [1.29, 1.82) is 0 Å². The van der Waals surface area contributed by atoms with Crippen LogP contribution in [0.5, 0.6) is 0 Å². The molecule has 0 aliphatic heterocycles. The van der Waals surface area contributed by atoms with Crippen LogP contribution in [0.3, 0.4) is 0 Å². The summed E-state index contributed by atoms with van der Waals surface area (Å²) in [4.78, 5) is 23.3. The molecule has 1 saturated carbocycles. The lowest BCUT2D eigenvalue weighted by Crippen LogP contribution is -2.45. The molecule has 1 aliphatic rings. The monoisotopic (exact) mass is 314 g/mol. The molecular weight excluding hydrogens is 299 g/mol. The Bertz CT molecular complexity index is 540. The fourth-order valence-corrected chi connectivity index (χ4v) is 3.05. The van der Waals surface area contributed by atoms with E-state index in [2.05, 4.69) is 5.32 Å². The van der Waals surface area contributed by atoms with Crippen LogP contribution in [0.4, 0.5) is 0 Å². The maximum absolute atomic E-state index is 12.5. The van der Waals surface area contributed by atoms with E-state index in [4.69, 9.17) is 28.9 Å². The maximum Gasteiger partial charge on any atom is 0.236 e. The van der Waals surface area contributed by atoms with Crippen LogP contribution in [-0.4, -0.2) is 18.4 Å². The van der Waals surface area contributed by atoms with Gasteiger partial charge in [-0.3, -0.25) is 9.59 Å². The first-order valence-electron chi connectivity index (χ1n) is 6.48. The lowest BCUT2D eigenvalue weighted by molar-refractivity contribution is -0.129. The summed E-state index contributed by atoms with van der Waals surface area (Å²) >= 11 is 12.0. The van der Waals surface area contributed by atoms with Crippen molar-refractivity contribution >= 4 is 35.0 Å². The maximum atomic E-state index is 12.5. The molecule has 0 spiro atoms. The number of hydrogen-bond acceptors (Lipinski definition) is 2. The molecule has 0 unspecified atom stereocenters. The third kappa shape index (κ3) is 2.91. The lowest BCUT2D eigenvalue weighted by Gasteiger charge is -2.28. The minimum atomic E-state index is -0.635. The van der Waals surface area contributed by atoms with Gasteiger partial charge in [0.25, 0.3) is 0 Å². The summed E-state index contributed by atoms with van der Waals surface area (Å²) in [6.07, 6.45) is 3.39. The summed E-state index contributed by atoms with van der Waals surface area (Å²) in [6.45, 7) is -0.151. The SMILES string of the molecule is NC(=O)CNC(=O)C1(c2ccc(Cl)c(Cl)c2)CCCC1. The number of nitrogens with two attached hydrogens (primary N) is 1. The third-order valence-electron chi connectivity index (χ3n) is 3.79. The van der Waals surface area contributed by atoms with Crippen molar-refractivity contribution in [3.05, 3.63) is 33.8 Å². The van der Waals surface area contributed by atoms with Gasteiger partial charge in [-0.25, -0.2) is 0 Å². The second-order valence-electron chi connectivity index (χ2n) is 5.07. The van der Waals surface area contributed by atoms with Crippen molar-refractivity contribution in [3.63, 3.8) is 0 Å². The first kappa shape index (κ1) is 15.1. The van der Waals surface area contributed by atoms with E-state index >= 15 is 0 Å². The van der Waals surface area contributed by atoms with Crippen LogP contribution in [0, 0.1) is 0 Å². The third-order valence-corrected chi connectivity index (χ3v) is 4.53. The molecule has 108 valence electrons. The molecule has 20 heavy (non-hydrogen) atoms. The summed E-state index contributed by atoms with van der Waals surface area (Å²) in [5, 5.41) is 3.50. The second-order valence-corrected chi connectivity index (χ2v) is 5.88. The first-order valence-corrected chi connectivity index (χ1v) is 7.23. The highest BCUT2D eigenvalue weighted by atomic mass is 35.5. The zero-order chi connectivity index (χ0) is 14.8. The molecule has 1 fully saturated rings. The molecule has 1 aromatic rings. The van der Waals surface area contributed by atoms with E-state index in [1.54, 1.807) is 12.1 Å². The predicted octanol–water partition coefficient (Wildman–Crippen LogP) is 2.41. The first-order chi connectivity index (χ1) is 9.45. The highest BCUT2D eigenvalue weighted by Gasteiger charge is 2.42. The van der Waals surface area contributed by atoms with Gasteiger partial charge in [0.15, 0.2) is 0 Å². The fraction of sp³-hybridized carbons (Fsp3) is 0.429. The number of primary amides is 1. The van der Waals surface area contributed by atoms with Crippen molar-refractivity contribution < 1.29 is 9.59 Å². The Hall–Kier alpha value is -1.26. The summed E-state index contributed by atoms with van der Waals surface area (Å²) < 4.78 is 0. The zero-order valence-corrected chi connectivity index (χ0v) is 12.4. The van der Waals surface area contributed by atoms with Gasteiger partial charge in [0.1, 0.15) is 0 Å². The summed E-state index contributed by atoms with van der Waals surface area (Å²) in [5.74, 6) is -0.729. The van der Waals surface area contributed by atoms with Crippen LogP contribution in [0.1, 0.15) is 31.2 Å². The van der Waals surface area contributed by atoms with E-state index in [-0.39, 0.29) is 12.5 Å². The smallest absolute Gasteiger partial charge is 0.236 e. The average molecular weight is 315 g/mol. The van der Waals surface area contributed by atoms with Crippen LogP contribution < -0.4 is 11.1 Å². The summed E-state index contributed by atoms with van der Waals surface area (Å²) in [6, 6.07) is 5.25. The normalized spacial score (nSPS) is 16.9. The zero-order valence-electron chi connectivity index (χ0n) is 10.9. The van der Waals surface area contributed by atoms with Crippen molar-refractivity contribution in [3.8, 4) is 0 Å². The summed E-state index contributed by atoms with van der Waals surface area (Å²) in [7, 11) is 0. The molecule has 2 rings (SSSR count). The van der Waals surface area contributed by atoms with Gasteiger partial charge in [0, 0.05) is 0 Å². The van der Waals surface area contributed by atoms with E-state index in [1.165, 1.54) is 0 Å². The quantitative estimate of drug-likeness (QED) is 0.895. The standard InChI is InChI=1S/C14H16Cl2N2O2/c15-10-4-3-9(7-11(10)16)14(5-1-2-6-14)13(20)18-8-12(17)19/h3-4,7H,1-2,5-6,8H2,(H2,17,19)(H,18,20). The van der Waals surface area contributed by atoms with E-state index in [0.29, 0.717) is 10.0 Å². The Balaban J connectivity index is 2.31. The minimum absolute atomic E-state index is 0.151. The van der Waals surface area contributed by atoms with Gasteiger partial charge < -0.3 is 11.1 Å². The van der Waals surface area contributed by atoms with Gasteiger partial charge in [-0.15, -0.1) is 0 Å². The molecule has 0 radical (unpaired) electrons. The van der Waals surface area contributed by atoms with E-state index in [0.717, 1.165) is 31.2 Å². The van der Waals surface area contributed by atoms with Crippen molar-refractivity contribution in [1.82, 2.24) is 5.32 Å². The molecule has 0 saturated heterocycles. The van der Waals surface area contributed by atoms with Crippen LogP contribution in [0.25, 0.3) is 0 Å². The average Bonchev–Trinajstić information content (AvgIpc) is 2.89. The number of nitrogens with one attached hydrogen (secondary N) is 1. The molecular formula is C14H16Cl2N2O2. The largest absolute Gasteiger partial charge is 0.368 e. The highest BCUT2D eigenvalue weighted by Crippen LogP contribution is 2.42. The molecule has 0 aromatic heterocycles. The number of hydrogen-bond donors (Lipinski definition) is 2. The molecule has 1 aliphatic carbocycles. The number of benzene rings is 1. The predicted molar refractivity (Wildman–Crippen MR) is 78.8 cm³/mol. The molecule has 1 aromatic carbocycles. The Morgan fingerprint density at radius 1 is 1.20 bits per heavy atom. The molecule has 6 heteroatoms. The van der Waals surface area contributed by atoms with Crippen LogP contribution in [0.2, 0.25) is 10.0 Å².